The van der Waals surface area contributed by atoms with Gasteiger partial charge in [-0.25, -0.2) is 0 Å². The van der Waals surface area contributed by atoms with E-state index < -0.39 is 12.1 Å². The largest absolute Gasteiger partial charge is 0.466 e. The van der Waals surface area contributed by atoms with Gasteiger partial charge in [-0.3, -0.25) is 9.59 Å². The van der Waals surface area contributed by atoms with E-state index in [-0.39, 0.29) is 18.5 Å². The molecule has 2 atom stereocenters. The van der Waals surface area contributed by atoms with Crippen LogP contribution in [0.4, 0.5) is 0 Å². The van der Waals surface area contributed by atoms with Crippen molar-refractivity contribution in [3.8, 4) is 0 Å². The minimum atomic E-state index is -0.662. The molecule has 0 fully saturated rings. The van der Waals surface area contributed by atoms with E-state index in [1.54, 1.807) is 0 Å². The number of nitrogens with one attached hydrogen (secondary N) is 1. The Bertz CT molecular complexity index is 1110. The zero-order valence-electron chi connectivity index (χ0n) is 48.0. The summed E-state index contributed by atoms with van der Waals surface area (Å²) in [5.74, 6) is -0.0286. The second kappa shape index (κ2) is 60.9. The van der Waals surface area contributed by atoms with Crippen molar-refractivity contribution >= 4 is 11.9 Å². The molecule has 0 bridgehead atoms. The summed E-state index contributed by atoms with van der Waals surface area (Å²) in [5, 5.41) is 23.3. The number of unbranched alkanes of at least 4 members (excludes halogenated alkanes) is 45. The van der Waals surface area contributed by atoms with Crippen LogP contribution in [0.1, 0.15) is 354 Å². The minimum Gasteiger partial charge on any atom is -0.466 e. The first-order valence-corrected chi connectivity index (χ1v) is 32.1. The SMILES string of the molecule is CCCCCC/C=C\C/C=C\CCCCCCCC(=O)OCCCCCCCCCCCCCCCCCCCCCCCCCCCC(=O)NC(CO)C(O)CCCCCCCCCCCCCCC. The van der Waals surface area contributed by atoms with Gasteiger partial charge in [0, 0.05) is 12.8 Å². The van der Waals surface area contributed by atoms with Crippen LogP contribution in [0.15, 0.2) is 24.3 Å². The molecule has 0 aromatic rings. The van der Waals surface area contributed by atoms with E-state index in [2.05, 4.69) is 43.5 Å². The summed E-state index contributed by atoms with van der Waals surface area (Å²) in [6.07, 6.45) is 74.8. The van der Waals surface area contributed by atoms with Gasteiger partial charge in [-0.15, -0.1) is 0 Å². The molecule has 0 rings (SSSR count). The topological polar surface area (TPSA) is 95.9 Å². The van der Waals surface area contributed by atoms with Crippen LogP contribution in [0.5, 0.6) is 0 Å². The maximum absolute atomic E-state index is 12.5. The lowest BCUT2D eigenvalue weighted by Gasteiger charge is -2.22. The molecule has 420 valence electrons. The number of aliphatic hydroxyl groups excluding tert-OH is 2. The maximum Gasteiger partial charge on any atom is 0.305 e. The fraction of sp³-hybridized carbons (Fsp3) is 0.908. The summed E-state index contributed by atoms with van der Waals surface area (Å²) >= 11 is 0. The molecule has 0 aliphatic heterocycles. The van der Waals surface area contributed by atoms with Crippen LogP contribution in [0.2, 0.25) is 0 Å². The van der Waals surface area contributed by atoms with E-state index in [1.165, 1.54) is 270 Å². The highest BCUT2D eigenvalue weighted by molar-refractivity contribution is 5.76. The van der Waals surface area contributed by atoms with Crippen molar-refractivity contribution in [3.05, 3.63) is 24.3 Å². The quantitative estimate of drug-likeness (QED) is 0.0320. The highest BCUT2D eigenvalue weighted by atomic mass is 16.5. The van der Waals surface area contributed by atoms with Gasteiger partial charge >= 0.3 is 5.97 Å². The number of hydrogen-bond acceptors (Lipinski definition) is 5. The molecule has 0 saturated carbocycles. The molecule has 1 amide bonds. The first-order valence-electron chi connectivity index (χ1n) is 32.1. The fourth-order valence-electron chi connectivity index (χ4n) is 10.1. The zero-order valence-corrected chi connectivity index (χ0v) is 48.0. The number of hydrogen-bond donors (Lipinski definition) is 3. The molecule has 0 aromatic heterocycles. The highest BCUT2D eigenvalue weighted by Crippen LogP contribution is 2.18. The Morgan fingerprint density at radius 2 is 0.704 bits per heavy atom. The lowest BCUT2D eigenvalue weighted by Crippen LogP contribution is -2.45. The summed E-state index contributed by atoms with van der Waals surface area (Å²) in [5.41, 5.74) is 0. The van der Waals surface area contributed by atoms with Gasteiger partial charge in [0.25, 0.3) is 0 Å². The van der Waals surface area contributed by atoms with Gasteiger partial charge in [-0.2, -0.15) is 0 Å². The molecule has 0 spiro atoms. The summed E-state index contributed by atoms with van der Waals surface area (Å²) in [7, 11) is 0. The third kappa shape index (κ3) is 57.5. The van der Waals surface area contributed by atoms with Gasteiger partial charge < -0.3 is 20.3 Å². The van der Waals surface area contributed by atoms with Crippen molar-refractivity contribution in [1.82, 2.24) is 5.32 Å². The average molecular weight is 1000 g/mol. The van der Waals surface area contributed by atoms with Crippen LogP contribution in [0, 0.1) is 0 Å². The van der Waals surface area contributed by atoms with Crippen LogP contribution in [0.25, 0.3) is 0 Å². The number of rotatable bonds is 60. The minimum absolute atomic E-state index is 0.00332. The number of allylic oxidation sites excluding steroid dienone is 4. The van der Waals surface area contributed by atoms with E-state index in [9.17, 15) is 19.8 Å². The lowest BCUT2D eigenvalue weighted by molar-refractivity contribution is -0.143. The van der Waals surface area contributed by atoms with Crippen molar-refractivity contribution in [3.63, 3.8) is 0 Å². The van der Waals surface area contributed by atoms with E-state index in [0.717, 1.165) is 51.4 Å². The first-order chi connectivity index (χ1) is 35.0. The number of esters is 1. The number of carbonyl (C=O) groups excluding carboxylic acids is 2. The smallest absolute Gasteiger partial charge is 0.305 e. The lowest BCUT2D eigenvalue weighted by atomic mass is 10.0. The average Bonchev–Trinajstić information content (AvgIpc) is 3.37. The second-order valence-corrected chi connectivity index (χ2v) is 22.1. The van der Waals surface area contributed by atoms with Gasteiger partial charge in [0.05, 0.1) is 25.4 Å². The predicted octanol–water partition coefficient (Wildman–Crippen LogP) is 20.2. The molecule has 6 nitrogen and oxygen atoms in total. The Kier molecular flexibility index (Phi) is 59.5. The molecule has 0 aromatic carbocycles. The molecule has 0 saturated heterocycles. The Balaban J connectivity index is 3.35. The molecule has 0 radical (unpaired) electrons. The van der Waals surface area contributed by atoms with Gasteiger partial charge in [0.15, 0.2) is 0 Å². The van der Waals surface area contributed by atoms with E-state index in [4.69, 9.17) is 4.74 Å². The van der Waals surface area contributed by atoms with Crippen molar-refractivity contribution in [2.24, 2.45) is 0 Å². The highest BCUT2D eigenvalue weighted by Gasteiger charge is 2.20. The standard InChI is InChI=1S/C65H125NO5/c1-3-5-7-9-11-13-15-17-18-31-35-39-43-47-51-55-59-65(70)71-60-56-52-48-44-40-36-32-29-27-25-23-21-19-20-22-24-26-28-30-34-38-42-46-50-54-58-64(69)66-62(61-67)63(68)57-53-49-45-41-37-33-16-14-12-10-8-6-4-2/h13,15,18,31,62-63,67-68H,3-12,14,16-17,19-30,32-61H2,1-2H3,(H,66,69)/b15-13-,31-18-. The number of ether oxygens (including phenoxy) is 1. The second-order valence-electron chi connectivity index (χ2n) is 22.1. The van der Waals surface area contributed by atoms with Crippen LogP contribution < -0.4 is 5.32 Å². The molecule has 2 unspecified atom stereocenters. The van der Waals surface area contributed by atoms with Gasteiger partial charge in [0.1, 0.15) is 0 Å². The Hall–Kier alpha value is -1.66. The van der Waals surface area contributed by atoms with Gasteiger partial charge in [-0.05, 0) is 57.8 Å². The number of carbonyl (C=O) groups is 2. The van der Waals surface area contributed by atoms with Crippen LogP contribution in [-0.4, -0.2) is 47.4 Å². The first kappa shape index (κ1) is 69.3. The van der Waals surface area contributed by atoms with Gasteiger partial charge in [-0.1, -0.05) is 308 Å². The Labute approximate surface area is 443 Å². The molecule has 0 aliphatic carbocycles. The summed E-state index contributed by atoms with van der Waals surface area (Å²) in [6.45, 7) is 4.95. The van der Waals surface area contributed by atoms with Crippen LogP contribution >= 0.6 is 0 Å². The normalized spacial score (nSPS) is 12.7. The van der Waals surface area contributed by atoms with Gasteiger partial charge in [0.2, 0.25) is 5.91 Å². The monoisotopic (exact) mass is 1000 g/mol. The van der Waals surface area contributed by atoms with Crippen molar-refractivity contribution in [1.29, 1.82) is 0 Å². The van der Waals surface area contributed by atoms with Crippen molar-refractivity contribution < 1.29 is 24.5 Å². The predicted molar refractivity (Wildman–Crippen MR) is 310 cm³/mol. The van der Waals surface area contributed by atoms with E-state index in [0.29, 0.717) is 25.9 Å². The molecule has 0 heterocycles. The molecular formula is C65H125NO5. The Morgan fingerprint density at radius 1 is 0.394 bits per heavy atom. The molecule has 71 heavy (non-hydrogen) atoms. The summed E-state index contributed by atoms with van der Waals surface area (Å²) < 4.78 is 5.49. The van der Waals surface area contributed by atoms with Crippen molar-refractivity contribution in [2.75, 3.05) is 13.2 Å². The van der Waals surface area contributed by atoms with Crippen molar-refractivity contribution in [2.45, 2.75) is 366 Å². The maximum atomic E-state index is 12.5. The number of amides is 1. The van der Waals surface area contributed by atoms with E-state index in [1.807, 2.05) is 0 Å². The van der Waals surface area contributed by atoms with Crippen LogP contribution in [0.3, 0.4) is 0 Å². The molecule has 3 N–H and O–H groups in total. The molecular weight excluding hydrogens is 875 g/mol. The third-order valence-corrected chi connectivity index (χ3v) is 15.0. The Morgan fingerprint density at radius 3 is 1.08 bits per heavy atom. The third-order valence-electron chi connectivity index (χ3n) is 15.0. The molecule has 6 heteroatoms. The fourth-order valence-corrected chi connectivity index (χ4v) is 10.1. The molecule has 0 aliphatic rings. The number of aliphatic hydroxyl groups is 2. The zero-order chi connectivity index (χ0) is 51.4. The summed E-state index contributed by atoms with van der Waals surface area (Å²) in [6, 6.07) is -0.539. The van der Waals surface area contributed by atoms with Crippen LogP contribution in [-0.2, 0) is 14.3 Å². The van der Waals surface area contributed by atoms with E-state index >= 15 is 0 Å². The summed E-state index contributed by atoms with van der Waals surface area (Å²) in [4.78, 5) is 24.5.